The minimum absolute atomic E-state index is 0.564. The number of rotatable bonds is 6. The quantitative estimate of drug-likeness (QED) is 0.175. The van der Waals surface area contributed by atoms with Crippen molar-refractivity contribution in [2.45, 2.75) is 0 Å². The molecule has 10 aromatic rings. The van der Waals surface area contributed by atoms with Crippen molar-refractivity contribution in [3.63, 3.8) is 0 Å². The van der Waals surface area contributed by atoms with Crippen LogP contribution in [0.15, 0.2) is 186 Å². The third-order valence-electron chi connectivity index (χ3n) is 9.77. The SMILES string of the molecule is c1ccc(-c2ccc(-c3ccc(-c4nc(-c5ccc6ccccc6c5)nc(-c5cccc6ccc7nc(-c8ccccc8)oc7c56)n4)cc3)cc2)cc1. The maximum atomic E-state index is 6.51. The predicted octanol–water partition coefficient (Wildman–Crippen LogP) is 12.3. The summed E-state index contributed by atoms with van der Waals surface area (Å²) >= 11 is 0. The van der Waals surface area contributed by atoms with E-state index >= 15 is 0 Å². The van der Waals surface area contributed by atoms with Crippen molar-refractivity contribution < 1.29 is 4.42 Å². The van der Waals surface area contributed by atoms with E-state index in [0.29, 0.717) is 28.9 Å². The minimum atomic E-state index is 0.564. The maximum Gasteiger partial charge on any atom is 0.227 e. The van der Waals surface area contributed by atoms with E-state index in [4.69, 9.17) is 24.4 Å². The highest BCUT2D eigenvalue weighted by Crippen LogP contribution is 2.37. The third-order valence-corrected chi connectivity index (χ3v) is 9.77. The Balaban J connectivity index is 1.11. The highest BCUT2D eigenvalue weighted by atomic mass is 16.3. The van der Waals surface area contributed by atoms with Crippen LogP contribution in [0.2, 0.25) is 0 Å². The normalized spacial score (nSPS) is 11.4. The monoisotopic (exact) mass is 678 g/mol. The van der Waals surface area contributed by atoms with E-state index in [2.05, 4.69) is 133 Å². The van der Waals surface area contributed by atoms with Crippen LogP contribution in [-0.2, 0) is 0 Å². The molecule has 248 valence electrons. The van der Waals surface area contributed by atoms with E-state index in [0.717, 1.165) is 60.4 Å². The second-order valence-corrected chi connectivity index (χ2v) is 13.1. The number of hydrogen-bond donors (Lipinski definition) is 0. The van der Waals surface area contributed by atoms with Crippen molar-refractivity contribution in [3.8, 4) is 67.9 Å². The summed E-state index contributed by atoms with van der Waals surface area (Å²) in [6, 6.07) is 62.5. The first-order valence-electron chi connectivity index (χ1n) is 17.6. The fourth-order valence-corrected chi connectivity index (χ4v) is 7.03. The molecule has 0 unspecified atom stereocenters. The van der Waals surface area contributed by atoms with Gasteiger partial charge in [0.25, 0.3) is 0 Å². The zero-order valence-corrected chi connectivity index (χ0v) is 28.5. The molecule has 0 aliphatic carbocycles. The molecule has 0 radical (unpaired) electrons. The van der Waals surface area contributed by atoms with Gasteiger partial charge in [0.2, 0.25) is 5.89 Å². The van der Waals surface area contributed by atoms with Gasteiger partial charge >= 0.3 is 0 Å². The van der Waals surface area contributed by atoms with Crippen LogP contribution in [0.5, 0.6) is 0 Å². The van der Waals surface area contributed by atoms with E-state index in [1.807, 2.05) is 48.5 Å². The van der Waals surface area contributed by atoms with Gasteiger partial charge in [-0.3, -0.25) is 0 Å². The van der Waals surface area contributed by atoms with E-state index in [9.17, 15) is 0 Å². The van der Waals surface area contributed by atoms with E-state index in [1.54, 1.807) is 0 Å². The first-order chi connectivity index (χ1) is 26.2. The third kappa shape index (κ3) is 5.71. The van der Waals surface area contributed by atoms with Gasteiger partial charge in [0.1, 0.15) is 5.52 Å². The fourth-order valence-electron chi connectivity index (χ4n) is 7.03. The van der Waals surface area contributed by atoms with Gasteiger partial charge in [-0.1, -0.05) is 158 Å². The van der Waals surface area contributed by atoms with E-state index < -0.39 is 0 Å². The maximum absolute atomic E-state index is 6.51. The Bertz CT molecular complexity index is 2920. The number of hydrogen-bond acceptors (Lipinski definition) is 5. The lowest BCUT2D eigenvalue weighted by Crippen LogP contribution is -2.00. The summed E-state index contributed by atoms with van der Waals surface area (Å²) in [6.07, 6.45) is 0. The van der Waals surface area contributed by atoms with Crippen molar-refractivity contribution in [1.82, 2.24) is 19.9 Å². The molecule has 2 heterocycles. The zero-order chi connectivity index (χ0) is 35.1. The molecule has 8 aromatic carbocycles. The fraction of sp³-hybridized carbons (Fsp3) is 0. The van der Waals surface area contributed by atoms with Crippen molar-refractivity contribution in [1.29, 1.82) is 0 Å². The van der Waals surface area contributed by atoms with Crippen LogP contribution >= 0.6 is 0 Å². The Hall–Kier alpha value is -7.24. The standard InChI is InChI=1S/C48H30N4O/c1-3-10-31(11-4-1)33-18-20-34(21-19-33)35-22-25-37(26-23-35)45-50-46(40-27-24-32-12-7-8-15-39(32)30-40)52-47(51-45)41-17-9-16-36-28-29-42-44(43(36)41)53-48(49-42)38-13-5-2-6-14-38/h1-30H. The van der Waals surface area contributed by atoms with Gasteiger partial charge in [-0.05, 0) is 62.7 Å². The van der Waals surface area contributed by atoms with E-state index in [-0.39, 0.29) is 0 Å². The molecular formula is C48H30N4O. The molecule has 0 amide bonds. The van der Waals surface area contributed by atoms with Crippen LogP contribution in [0.4, 0.5) is 0 Å². The Labute approximate surface area is 305 Å². The summed E-state index contributed by atoms with van der Waals surface area (Å²) in [5.74, 6) is 2.33. The first-order valence-corrected chi connectivity index (χ1v) is 17.6. The predicted molar refractivity (Wildman–Crippen MR) is 215 cm³/mol. The number of oxazole rings is 1. The Morgan fingerprint density at radius 2 is 0.830 bits per heavy atom. The van der Waals surface area contributed by atoms with Crippen LogP contribution in [0.1, 0.15) is 0 Å². The molecule has 0 aliphatic rings. The highest BCUT2D eigenvalue weighted by Gasteiger charge is 2.19. The second-order valence-electron chi connectivity index (χ2n) is 13.1. The van der Waals surface area contributed by atoms with Gasteiger partial charge in [0.05, 0.1) is 0 Å². The van der Waals surface area contributed by atoms with Gasteiger partial charge in [-0.15, -0.1) is 0 Å². The summed E-state index contributed by atoms with van der Waals surface area (Å²) < 4.78 is 6.51. The van der Waals surface area contributed by atoms with Gasteiger partial charge in [0, 0.05) is 27.6 Å². The molecule has 0 aliphatic heterocycles. The second kappa shape index (κ2) is 12.8. The molecule has 0 fully saturated rings. The van der Waals surface area contributed by atoms with Crippen LogP contribution < -0.4 is 0 Å². The van der Waals surface area contributed by atoms with Crippen LogP contribution in [0.25, 0.3) is 101 Å². The lowest BCUT2D eigenvalue weighted by molar-refractivity contribution is 0.623. The van der Waals surface area contributed by atoms with Crippen LogP contribution in [-0.4, -0.2) is 19.9 Å². The van der Waals surface area contributed by atoms with Gasteiger partial charge in [0.15, 0.2) is 23.1 Å². The Morgan fingerprint density at radius 1 is 0.321 bits per heavy atom. The number of aromatic nitrogens is 4. The average Bonchev–Trinajstić information content (AvgIpc) is 3.69. The molecule has 2 aromatic heterocycles. The summed E-state index contributed by atoms with van der Waals surface area (Å²) in [6.45, 7) is 0. The lowest BCUT2D eigenvalue weighted by Gasteiger charge is -2.11. The van der Waals surface area contributed by atoms with Crippen molar-refractivity contribution >= 4 is 32.6 Å². The van der Waals surface area contributed by atoms with Crippen molar-refractivity contribution in [3.05, 3.63) is 182 Å². The highest BCUT2D eigenvalue weighted by molar-refractivity contribution is 6.10. The summed E-state index contributed by atoms with van der Waals surface area (Å²) in [5, 5.41) is 4.21. The molecule has 0 atom stereocenters. The molecule has 0 saturated carbocycles. The Kier molecular flexibility index (Phi) is 7.40. The van der Waals surface area contributed by atoms with E-state index in [1.165, 1.54) is 11.1 Å². The molecular weight excluding hydrogens is 649 g/mol. The molecule has 0 N–H and O–H groups in total. The first kappa shape index (κ1) is 30.6. The van der Waals surface area contributed by atoms with Gasteiger partial charge in [-0.2, -0.15) is 0 Å². The van der Waals surface area contributed by atoms with Crippen molar-refractivity contribution in [2.75, 3.05) is 0 Å². The number of fused-ring (bicyclic) bond motifs is 4. The largest absolute Gasteiger partial charge is 0.435 e. The average molecular weight is 679 g/mol. The van der Waals surface area contributed by atoms with Gasteiger partial charge < -0.3 is 4.42 Å². The van der Waals surface area contributed by atoms with Crippen LogP contribution in [0.3, 0.4) is 0 Å². The summed E-state index contributed by atoms with van der Waals surface area (Å²) in [5.41, 5.74) is 9.73. The summed E-state index contributed by atoms with van der Waals surface area (Å²) in [4.78, 5) is 20.2. The lowest BCUT2D eigenvalue weighted by atomic mass is 9.99. The molecule has 0 saturated heterocycles. The molecule has 0 bridgehead atoms. The molecule has 5 nitrogen and oxygen atoms in total. The number of nitrogens with zero attached hydrogens (tertiary/aromatic N) is 4. The smallest absolute Gasteiger partial charge is 0.227 e. The molecule has 5 heteroatoms. The topological polar surface area (TPSA) is 64.7 Å². The molecule has 53 heavy (non-hydrogen) atoms. The Morgan fingerprint density at radius 3 is 1.53 bits per heavy atom. The zero-order valence-electron chi connectivity index (χ0n) is 28.5. The van der Waals surface area contributed by atoms with Crippen molar-refractivity contribution in [2.24, 2.45) is 0 Å². The minimum Gasteiger partial charge on any atom is -0.435 e. The number of benzene rings is 8. The molecule has 10 rings (SSSR count). The summed E-state index contributed by atoms with van der Waals surface area (Å²) in [7, 11) is 0. The molecule has 0 spiro atoms. The van der Waals surface area contributed by atoms with Crippen LogP contribution in [0, 0.1) is 0 Å². The van der Waals surface area contributed by atoms with Gasteiger partial charge in [-0.25, -0.2) is 19.9 Å².